The Morgan fingerprint density at radius 3 is 1.42 bits per heavy atom. The Labute approximate surface area is 173 Å². The standard InChI is InChI=1S/C21H18F6O4/c22-20(23,24)19(21(25,26)27,13-3-1-5-15(7-13)28-9-17-11-30-17)14-4-2-6-16(8-14)29-10-18-12-31-18/h1-8,17-18H,9-12H2. The maximum absolute atomic E-state index is 14.3. The zero-order valence-corrected chi connectivity index (χ0v) is 16.0. The molecule has 31 heavy (non-hydrogen) atoms. The zero-order valence-electron chi connectivity index (χ0n) is 16.0. The van der Waals surface area contributed by atoms with Gasteiger partial charge < -0.3 is 18.9 Å². The van der Waals surface area contributed by atoms with Gasteiger partial charge in [-0.05, 0) is 35.4 Å². The van der Waals surface area contributed by atoms with E-state index in [-0.39, 0.29) is 36.9 Å². The molecule has 0 aliphatic carbocycles. The predicted octanol–water partition coefficient (Wildman–Crippen LogP) is 4.65. The van der Waals surface area contributed by atoms with Crippen molar-refractivity contribution in [3.8, 4) is 11.5 Å². The minimum Gasteiger partial charge on any atom is -0.491 e. The highest BCUT2D eigenvalue weighted by molar-refractivity contribution is 5.48. The molecule has 0 radical (unpaired) electrons. The molecule has 0 aromatic heterocycles. The summed E-state index contributed by atoms with van der Waals surface area (Å²) in [6.45, 7) is 0.961. The first-order valence-electron chi connectivity index (χ1n) is 9.44. The van der Waals surface area contributed by atoms with Gasteiger partial charge in [0, 0.05) is 0 Å². The van der Waals surface area contributed by atoms with Crippen LogP contribution in [-0.2, 0) is 14.9 Å². The first-order valence-corrected chi connectivity index (χ1v) is 9.44. The van der Waals surface area contributed by atoms with E-state index in [9.17, 15) is 26.3 Å². The number of hydrogen-bond donors (Lipinski definition) is 0. The second kappa shape index (κ2) is 7.90. The third-order valence-electron chi connectivity index (χ3n) is 5.06. The van der Waals surface area contributed by atoms with E-state index in [1.165, 1.54) is 12.1 Å². The number of rotatable bonds is 8. The summed E-state index contributed by atoms with van der Waals surface area (Å²) in [5.74, 6) is -0.215. The summed E-state index contributed by atoms with van der Waals surface area (Å²) in [5, 5.41) is 0. The fourth-order valence-corrected chi connectivity index (χ4v) is 3.33. The van der Waals surface area contributed by atoms with E-state index >= 15 is 0 Å². The number of epoxide rings is 2. The van der Waals surface area contributed by atoms with E-state index < -0.39 is 28.9 Å². The molecule has 2 fully saturated rings. The summed E-state index contributed by atoms with van der Waals surface area (Å²) in [5.41, 5.74) is -6.26. The lowest BCUT2D eigenvalue weighted by Gasteiger charge is -2.38. The normalized spacial score (nSPS) is 21.0. The predicted molar refractivity (Wildman–Crippen MR) is 96.2 cm³/mol. The number of hydrogen-bond acceptors (Lipinski definition) is 4. The van der Waals surface area contributed by atoms with Crippen LogP contribution in [0.5, 0.6) is 11.5 Å². The molecule has 2 aromatic carbocycles. The van der Waals surface area contributed by atoms with Gasteiger partial charge in [0.2, 0.25) is 5.41 Å². The van der Waals surface area contributed by atoms with E-state index in [2.05, 4.69) is 0 Å². The minimum atomic E-state index is -5.69. The van der Waals surface area contributed by atoms with Gasteiger partial charge in [0.1, 0.15) is 36.9 Å². The fourth-order valence-electron chi connectivity index (χ4n) is 3.33. The van der Waals surface area contributed by atoms with Gasteiger partial charge in [0.05, 0.1) is 13.2 Å². The average Bonchev–Trinajstić information content (AvgIpc) is 3.59. The molecule has 2 atom stereocenters. The number of alkyl halides is 6. The first-order chi connectivity index (χ1) is 14.6. The largest absolute Gasteiger partial charge is 0.491 e. The molecule has 0 bridgehead atoms. The molecule has 0 saturated carbocycles. The molecule has 2 aliphatic rings. The van der Waals surface area contributed by atoms with Gasteiger partial charge in [0.25, 0.3) is 0 Å². The molecule has 2 saturated heterocycles. The van der Waals surface area contributed by atoms with Crippen LogP contribution in [-0.4, -0.2) is 51.0 Å². The maximum atomic E-state index is 14.3. The van der Waals surface area contributed by atoms with Crippen molar-refractivity contribution in [1.82, 2.24) is 0 Å². The smallest absolute Gasteiger partial charge is 0.411 e. The van der Waals surface area contributed by atoms with Gasteiger partial charge in [-0.15, -0.1) is 0 Å². The second-order valence-corrected chi connectivity index (χ2v) is 7.33. The topological polar surface area (TPSA) is 43.5 Å². The van der Waals surface area contributed by atoms with Crippen molar-refractivity contribution in [2.45, 2.75) is 30.0 Å². The molecule has 0 N–H and O–H groups in total. The summed E-state index contributed by atoms with van der Waals surface area (Å²) >= 11 is 0. The fraction of sp³-hybridized carbons (Fsp3) is 0.429. The van der Waals surface area contributed by atoms with Crippen LogP contribution in [0, 0.1) is 0 Å². The number of ether oxygens (including phenoxy) is 4. The van der Waals surface area contributed by atoms with Crippen molar-refractivity contribution in [2.24, 2.45) is 0 Å². The third-order valence-corrected chi connectivity index (χ3v) is 5.06. The molecule has 2 heterocycles. The van der Waals surface area contributed by atoms with Crippen molar-refractivity contribution < 1.29 is 45.3 Å². The van der Waals surface area contributed by atoms with Gasteiger partial charge in [0.15, 0.2) is 0 Å². The number of halogens is 6. The summed E-state index contributed by atoms with van der Waals surface area (Å²) in [6.07, 6.45) is -11.8. The Hall–Kier alpha value is -2.46. The van der Waals surface area contributed by atoms with Crippen LogP contribution in [0.1, 0.15) is 11.1 Å². The van der Waals surface area contributed by atoms with E-state index in [0.29, 0.717) is 13.2 Å². The Kier molecular flexibility index (Phi) is 5.55. The third kappa shape index (κ3) is 4.45. The SMILES string of the molecule is FC(F)(F)C(c1cccc(OCC2CO2)c1)(c1cccc(OCC2CO2)c1)C(F)(F)F. The van der Waals surface area contributed by atoms with Crippen LogP contribution >= 0.6 is 0 Å². The molecule has 2 aliphatic heterocycles. The second-order valence-electron chi connectivity index (χ2n) is 7.33. The van der Waals surface area contributed by atoms with Crippen LogP contribution in [0.2, 0.25) is 0 Å². The molecule has 2 aromatic rings. The van der Waals surface area contributed by atoms with Gasteiger partial charge in [-0.25, -0.2) is 0 Å². The van der Waals surface area contributed by atoms with E-state index in [0.717, 1.165) is 36.4 Å². The van der Waals surface area contributed by atoms with Crippen LogP contribution in [0.25, 0.3) is 0 Å². The van der Waals surface area contributed by atoms with Crippen LogP contribution in [0.15, 0.2) is 48.5 Å². The molecule has 0 amide bonds. The van der Waals surface area contributed by atoms with Gasteiger partial charge in [-0.3, -0.25) is 0 Å². The van der Waals surface area contributed by atoms with E-state index in [1.807, 2.05) is 0 Å². The molecule has 4 nitrogen and oxygen atoms in total. The molecule has 0 spiro atoms. The molecular weight excluding hydrogens is 430 g/mol. The van der Waals surface area contributed by atoms with Crippen molar-refractivity contribution in [2.75, 3.05) is 26.4 Å². The van der Waals surface area contributed by atoms with E-state index in [1.54, 1.807) is 0 Å². The summed E-state index contributed by atoms with van der Waals surface area (Å²) < 4.78 is 106. The summed E-state index contributed by atoms with van der Waals surface area (Å²) in [7, 11) is 0. The molecule has 10 heteroatoms. The lowest BCUT2D eigenvalue weighted by atomic mass is 9.73. The van der Waals surface area contributed by atoms with Gasteiger partial charge >= 0.3 is 12.4 Å². The maximum Gasteiger partial charge on any atom is 0.411 e. The van der Waals surface area contributed by atoms with Gasteiger partial charge in [-0.1, -0.05) is 24.3 Å². The lowest BCUT2D eigenvalue weighted by molar-refractivity contribution is -0.288. The summed E-state index contributed by atoms with van der Waals surface area (Å²) in [6, 6.07) is 7.96. The Balaban J connectivity index is 1.78. The highest BCUT2D eigenvalue weighted by Gasteiger charge is 2.72. The quantitative estimate of drug-likeness (QED) is 0.436. The summed E-state index contributed by atoms with van der Waals surface area (Å²) in [4.78, 5) is 0. The highest BCUT2D eigenvalue weighted by atomic mass is 19.4. The van der Waals surface area contributed by atoms with Crippen LogP contribution in [0.4, 0.5) is 26.3 Å². The Morgan fingerprint density at radius 2 is 1.10 bits per heavy atom. The van der Waals surface area contributed by atoms with Crippen molar-refractivity contribution in [3.63, 3.8) is 0 Å². The number of benzene rings is 2. The van der Waals surface area contributed by atoms with Crippen LogP contribution < -0.4 is 9.47 Å². The Bertz CT molecular complexity index is 843. The van der Waals surface area contributed by atoms with Crippen LogP contribution in [0.3, 0.4) is 0 Å². The zero-order chi connectivity index (χ0) is 22.3. The monoisotopic (exact) mass is 448 g/mol. The first kappa shape index (κ1) is 21.8. The van der Waals surface area contributed by atoms with Crippen molar-refractivity contribution >= 4 is 0 Å². The van der Waals surface area contributed by atoms with Gasteiger partial charge in [-0.2, -0.15) is 26.3 Å². The highest BCUT2D eigenvalue weighted by Crippen LogP contribution is 2.56. The lowest BCUT2D eigenvalue weighted by Crippen LogP contribution is -2.54. The molecule has 168 valence electrons. The van der Waals surface area contributed by atoms with Crippen molar-refractivity contribution in [1.29, 1.82) is 0 Å². The van der Waals surface area contributed by atoms with E-state index in [4.69, 9.17) is 18.9 Å². The molecular formula is C21H18F6O4. The average molecular weight is 448 g/mol. The van der Waals surface area contributed by atoms with Crippen molar-refractivity contribution in [3.05, 3.63) is 59.7 Å². The molecule has 2 unspecified atom stereocenters. The molecule has 4 rings (SSSR count). The Morgan fingerprint density at radius 1 is 0.710 bits per heavy atom. The minimum absolute atomic E-state index is 0.0427.